The standard InChI is InChI=1S/C13H15N5/c1-9-5-3-4-6-11(9)12-16-13-15-10(7-14-2)8-18(13)17-12/h3-6,8,14H,7H2,1-2H3,(H,15,16,17). The fourth-order valence-electron chi connectivity index (χ4n) is 2.04. The van der Waals surface area contributed by atoms with Crippen molar-refractivity contribution in [1.82, 2.24) is 24.9 Å². The number of imidazole rings is 1. The molecule has 92 valence electrons. The molecule has 0 atom stereocenters. The fourth-order valence-corrected chi connectivity index (χ4v) is 2.04. The van der Waals surface area contributed by atoms with Crippen LogP contribution in [-0.2, 0) is 6.54 Å². The molecule has 0 aliphatic rings. The lowest BCUT2D eigenvalue weighted by molar-refractivity contribution is 0.795. The molecule has 0 saturated heterocycles. The van der Waals surface area contributed by atoms with Gasteiger partial charge in [0.15, 0.2) is 5.82 Å². The van der Waals surface area contributed by atoms with Crippen molar-refractivity contribution in [3.63, 3.8) is 0 Å². The predicted octanol–water partition coefficient (Wildman–Crippen LogP) is 1.75. The molecular formula is C13H15N5. The van der Waals surface area contributed by atoms with E-state index in [-0.39, 0.29) is 0 Å². The number of benzene rings is 1. The molecule has 0 bridgehead atoms. The number of aryl methyl sites for hydroxylation is 1. The van der Waals surface area contributed by atoms with Crippen molar-refractivity contribution in [3.8, 4) is 11.4 Å². The van der Waals surface area contributed by atoms with Gasteiger partial charge in [-0.3, -0.25) is 5.10 Å². The van der Waals surface area contributed by atoms with Crippen LogP contribution in [-0.4, -0.2) is 26.6 Å². The zero-order valence-electron chi connectivity index (χ0n) is 10.4. The summed E-state index contributed by atoms with van der Waals surface area (Å²) in [5.41, 5.74) is 3.29. The molecule has 0 aliphatic carbocycles. The first kappa shape index (κ1) is 11.0. The minimum absolute atomic E-state index is 0.707. The van der Waals surface area contributed by atoms with E-state index in [0.29, 0.717) is 5.78 Å². The van der Waals surface area contributed by atoms with Gasteiger partial charge in [0.2, 0.25) is 0 Å². The highest BCUT2D eigenvalue weighted by atomic mass is 15.3. The van der Waals surface area contributed by atoms with Gasteiger partial charge in [0.1, 0.15) is 0 Å². The number of aromatic nitrogens is 4. The van der Waals surface area contributed by atoms with Crippen LogP contribution in [0.5, 0.6) is 0 Å². The van der Waals surface area contributed by atoms with Gasteiger partial charge in [-0.2, -0.15) is 4.98 Å². The molecule has 2 aromatic heterocycles. The van der Waals surface area contributed by atoms with E-state index in [4.69, 9.17) is 0 Å². The Kier molecular flexibility index (Phi) is 2.60. The van der Waals surface area contributed by atoms with E-state index in [9.17, 15) is 0 Å². The summed E-state index contributed by atoms with van der Waals surface area (Å²) in [6.45, 7) is 2.82. The molecule has 0 saturated carbocycles. The highest BCUT2D eigenvalue weighted by molar-refractivity contribution is 5.61. The molecule has 3 rings (SSSR count). The Bertz CT molecular complexity index is 648. The third kappa shape index (κ3) is 1.78. The van der Waals surface area contributed by atoms with Crippen molar-refractivity contribution in [2.24, 2.45) is 0 Å². The summed E-state index contributed by atoms with van der Waals surface area (Å²) in [5, 5.41) is 6.32. The number of H-pyrrole nitrogens is 1. The molecule has 1 aromatic carbocycles. The molecule has 0 aliphatic heterocycles. The van der Waals surface area contributed by atoms with Crippen LogP contribution in [0, 0.1) is 6.92 Å². The molecule has 2 heterocycles. The van der Waals surface area contributed by atoms with Gasteiger partial charge in [-0.05, 0) is 19.5 Å². The van der Waals surface area contributed by atoms with Crippen LogP contribution < -0.4 is 5.32 Å². The van der Waals surface area contributed by atoms with E-state index >= 15 is 0 Å². The molecule has 0 fully saturated rings. The van der Waals surface area contributed by atoms with Crippen LogP contribution in [0.25, 0.3) is 17.2 Å². The largest absolute Gasteiger partial charge is 0.314 e. The van der Waals surface area contributed by atoms with E-state index in [2.05, 4.69) is 39.4 Å². The van der Waals surface area contributed by atoms with Gasteiger partial charge in [-0.25, -0.2) is 9.50 Å². The van der Waals surface area contributed by atoms with E-state index in [1.54, 1.807) is 0 Å². The summed E-state index contributed by atoms with van der Waals surface area (Å²) in [5.74, 6) is 1.56. The minimum atomic E-state index is 0.707. The quantitative estimate of drug-likeness (QED) is 0.734. The first-order valence-corrected chi connectivity index (χ1v) is 5.92. The van der Waals surface area contributed by atoms with E-state index < -0.39 is 0 Å². The lowest BCUT2D eigenvalue weighted by Crippen LogP contribution is -2.05. The Morgan fingerprint density at radius 3 is 2.83 bits per heavy atom. The van der Waals surface area contributed by atoms with Gasteiger partial charge < -0.3 is 5.32 Å². The van der Waals surface area contributed by atoms with E-state index in [0.717, 1.165) is 23.6 Å². The van der Waals surface area contributed by atoms with Crippen LogP contribution in [0.4, 0.5) is 0 Å². The molecule has 5 nitrogen and oxygen atoms in total. The SMILES string of the molecule is CNCc1cn2[nH]c(-c3ccccc3C)nc2n1. The van der Waals surface area contributed by atoms with Crippen LogP contribution in [0.3, 0.4) is 0 Å². The Hall–Kier alpha value is -2.14. The molecule has 3 aromatic rings. The third-order valence-electron chi connectivity index (χ3n) is 2.93. The first-order chi connectivity index (χ1) is 8.78. The van der Waals surface area contributed by atoms with Gasteiger partial charge in [-0.15, -0.1) is 0 Å². The maximum Gasteiger partial charge on any atom is 0.251 e. The Balaban J connectivity index is 2.04. The summed E-state index contributed by atoms with van der Waals surface area (Å²) < 4.78 is 1.86. The summed E-state index contributed by atoms with van der Waals surface area (Å²) in [7, 11) is 1.90. The normalized spacial score (nSPS) is 11.2. The van der Waals surface area contributed by atoms with Crippen molar-refractivity contribution in [2.75, 3.05) is 7.05 Å². The number of aromatic amines is 1. The van der Waals surface area contributed by atoms with Crippen LogP contribution in [0.2, 0.25) is 0 Å². The first-order valence-electron chi connectivity index (χ1n) is 5.92. The van der Waals surface area contributed by atoms with Gasteiger partial charge in [0.25, 0.3) is 5.78 Å². The topological polar surface area (TPSA) is 58.0 Å². The molecule has 2 N–H and O–H groups in total. The van der Waals surface area contributed by atoms with Gasteiger partial charge in [-0.1, -0.05) is 24.3 Å². The number of rotatable bonds is 3. The maximum atomic E-state index is 4.52. The monoisotopic (exact) mass is 241 g/mol. The Morgan fingerprint density at radius 2 is 2.11 bits per heavy atom. The van der Waals surface area contributed by atoms with Crippen LogP contribution >= 0.6 is 0 Å². The molecule has 0 radical (unpaired) electrons. The zero-order valence-corrected chi connectivity index (χ0v) is 10.4. The molecule has 0 amide bonds. The number of fused-ring (bicyclic) bond motifs is 1. The van der Waals surface area contributed by atoms with E-state index in [1.165, 1.54) is 5.56 Å². The van der Waals surface area contributed by atoms with Gasteiger partial charge in [0, 0.05) is 12.1 Å². The van der Waals surface area contributed by atoms with Crippen LogP contribution in [0.1, 0.15) is 11.3 Å². The van der Waals surface area contributed by atoms with Crippen molar-refractivity contribution >= 4 is 5.78 Å². The third-order valence-corrected chi connectivity index (χ3v) is 2.93. The summed E-state index contributed by atoms with van der Waals surface area (Å²) in [6.07, 6.45) is 1.96. The second-order valence-electron chi connectivity index (χ2n) is 4.32. The van der Waals surface area contributed by atoms with Crippen molar-refractivity contribution in [3.05, 3.63) is 41.7 Å². The number of nitrogens with one attached hydrogen (secondary N) is 2. The lowest BCUT2D eigenvalue weighted by atomic mass is 10.1. The molecule has 0 unspecified atom stereocenters. The molecule has 5 heteroatoms. The average Bonchev–Trinajstić information content (AvgIpc) is 2.88. The number of nitrogens with zero attached hydrogens (tertiary/aromatic N) is 3. The summed E-state index contributed by atoms with van der Waals surface area (Å²) in [6, 6.07) is 8.17. The van der Waals surface area contributed by atoms with Gasteiger partial charge >= 0.3 is 0 Å². The Labute approximate surface area is 105 Å². The van der Waals surface area contributed by atoms with Crippen molar-refractivity contribution in [1.29, 1.82) is 0 Å². The second kappa shape index (κ2) is 4.27. The maximum absolute atomic E-state index is 4.52. The molecular weight excluding hydrogens is 226 g/mol. The second-order valence-corrected chi connectivity index (χ2v) is 4.32. The highest BCUT2D eigenvalue weighted by Gasteiger charge is 2.09. The molecule has 0 spiro atoms. The lowest BCUT2D eigenvalue weighted by Gasteiger charge is -2.00. The number of hydrogen-bond acceptors (Lipinski definition) is 3. The summed E-state index contributed by atoms with van der Waals surface area (Å²) in [4.78, 5) is 8.95. The predicted molar refractivity (Wildman–Crippen MR) is 70.3 cm³/mol. The molecule has 18 heavy (non-hydrogen) atoms. The highest BCUT2D eigenvalue weighted by Crippen LogP contribution is 2.20. The smallest absolute Gasteiger partial charge is 0.251 e. The van der Waals surface area contributed by atoms with Crippen molar-refractivity contribution < 1.29 is 0 Å². The Morgan fingerprint density at radius 1 is 1.28 bits per heavy atom. The zero-order chi connectivity index (χ0) is 12.5. The fraction of sp³-hybridized carbons (Fsp3) is 0.231. The van der Waals surface area contributed by atoms with Crippen LogP contribution in [0.15, 0.2) is 30.5 Å². The van der Waals surface area contributed by atoms with Gasteiger partial charge in [0.05, 0.1) is 11.9 Å². The number of hydrogen-bond donors (Lipinski definition) is 2. The average molecular weight is 241 g/mol. The minimum Gasteiger partial charge on any atom is -0.314 e. The summed E-state index contributed by atoms with van der Waals surface area (Å²) >= 11 is 0. The van der Waals surface area contributed by atoms with Crippen molar-refractivity contribution in [2.45, 2.75) is 13.5 Å². The van der Waals surface area contributed by atoms with E-state index in [1.807, 2.05) is 29.9 Å².